The van der Waals surface area contributed by atoms with Crippen LogP contribution in [-0.2, 0) is 4.74 Å². The van der Waals surface area contributed by atoms with Crippen LogP contribution >= 0.6 is 11.8 Å². The minimum atomic E-state index is 0.364. The topological polar surface area (TPSA) is 35.2 Å². The van der Waals surface area contributed by atoms with Crippen molar-refractivity contribution < 1.29 is 4.74 Å². The van der Waals surface area contributed by atoms with Gasteiger partial charge in [-0.2, -0.15) is 11.8 Å². The van der Waals surface area contributed by atoms with Gasteiger partial charge < -0.3 is 10.5 Å². The van der Waals surface area contributed by atoms with Gasteiger partial charge in [0.25, 0.3) is 0 Å². The van der Waals surface area contributed by atoms with Crippen LogP contribution in [0.2, 0.25) is 0 Å². The molecule has 3 atom stereocenters. The molecule has 3 unspecified atom stereocenters. The molecule has 1 saturated heterocycles. The maximum atomic E-state index is 5.83. The quantitative estimate of drug-likeness (QED) is 0.730. The fourth-order valence-electron chi connectivity index (χ4n) is 1.30. The number of nitrogens with two attached hydrogens (primary N) is 1. The molecular formula is C9H19NOS. The first-order chi connectivity index (χ1) is 5.74. The number of hydrogen-bond acceptors (Lipinski definition) is 3. The van der Waals surface area contributed by atoms with E-state index in [9.17, 15) is 0 Å². The van der Waals surface area contributed by atoms with Crippen molar-refractivity contribution >= 4 is 11.8 Å². The van der Waals surface area contributed by atoms with E-state index in [0.29, 0.717) is 17.4 Å². The highest BCUT2D eigenvalue weighted by molar-refractivity contribution is 8.00. The van der Waals surface area contributed by atoms with Crippen LogP contribution in [0, 0.1) is 0 Å². The lowest BCUT2D eigenvalue weighted by molar-refractivity contribution is 0.127. The molecule has 1 aliphatic heterocycles. The van der Waals surface area contributed by atoms with Gasteiger partial charge in [-0.25, -0.2) is 0 Å². The molecule has 1 rings (SSSR count). The molecule has 0 aromatic rings. The normalized spacial score (nSPS) is 32.2. The highest BCUT2D eigenvalue weighted by Crippen LogP contribution is 2.26. The molecule has 0 aromatic heterocycles. The molecule has 72 valence electrons. The fourth-order valence-corrected chi connectivity index (χ4v) is 2.64. The van der Waals surface area contributed by atoms with E-state index in [1.165, 1.54) is 6.42 Å². The standard InChI is InChI=1S/C9H19NOS/c1-3-8(10)6-12-9-4-5-11-7(9)2/h7-9H,3-6,10H2,1-2H3. The van der Waals surface area contributed by atoms with Gasteiger partial charge in [-0.1, -0.05) is 6.92 Å². The van der Waals surface area contributed by atoms with E-state index in [-0.39, 0.29) is 0 Å². The van der Waals surface area contributed by atoms with E-state index in [0.717, 1.165) is 18.8 Å². The van der Waals surface area contributed by atoms with Crippen molar-refractivity contribution in [2.24, 2.45) is 5.73 Å². The first-order valence-electron chi connectivity index (χ1n) is 4.72. The molecule has 3 heteroatoms. The molecule has 0 amide bonds. The van der Waals surface area contributed by atoms with Gasteiger partial charge in [0.1, 0.15) is 0 Å². The lowest BCUT2D eigenvalue weighted by Crippen LogP contribution is -2.24. The number of thioether (sulfide) groups is 1. The largest absolute Gasteiger partial charge is 0.377 e. The number of rotatable bonds is 4. The average Bonchev–Trinajstić information content (AvgIpc) is 2.47. The van der Waals surface area contributed by atoms with E-state index >= 15 is 0 Å². The Morgan fingerprint density at radius 1 is 1.67 bits per heavy atom. The van der Waals surface area contributed by atoms with Crippen LogP contribution in [0.3, 0.4) is 0 Å². The van der Waals surface area contributed by atoms with Crippen molar-refractivity contribution in [2.45, 2.75) is 44.1 Å². The van der Waals surface area contributed by atoms with E-state index in [4.69, 9.17) is 10.5 Å². The third-order valence-corrected chi connectivity index (χ3v) is 4.02. The summed E-state index contributed by atoms with van der Waals surface area (Å²) in [4.78, 5) is 0. The third kappa shape index (κ3) is 2.96. The minimum absolute atomic E-state index is 0.364. The molecular weight excluding hydrogens is 170 g/mol. The van der Waals surface area contributed by atoms with Gasteiger partial charge in [0, 0.05) is 23.7 Å². The summed E-state index contributed by atoms with van der Waals surface area (Å²) in [7, 11) is 0. The predicted molar refractivity (Wildman–Crippen MR) is 54.5 cm³/mol. The Labute approximate surface area is 79.2 Å². The van der Waals surface area contributed by atoms with Gasteiger partial charge in [0.15, 0.2) is 0 Å². The van der Waals surface area contributed by atoms with Crippen LogP contribution in [0.5, 0.6) is 0 Å². The molecule has 1 aliphatic rings. The van der Waals surface area contributed by atoms with Crippen LogP contribution in [-0.4, -0.2) is 29.8 Å². The smallest absolute Gasteiger partial charge is 0.0666 e. The van der Waals surface area contributed by atoms with Gasteiger partial charge in [0.05, 0.1) is 6.10 Å². The first kappa shape index (κ1) is 10.4. The van der Waals surface area contributed by atoms with Crippen molar-refractivity contribution in [3.8, 4) is 0 Å². The Morgan fingerprint density at radius 3 is 2.92 bits per heavy atom. The molecule has 0 radical (unpaired) electrons. The Bertz CT molecular complexity index is 132. The van der Waals surface area contributed by atoms with Crippen molar-refractivity contribution in [2.75, 3.05) is 12.4 Å². The third-order valence-electron chi connectivity index (χ3n) is 2.36. The maximum absolute atomic E-state index is 5.83. The van der Waals surface area contributed by atoms with Crippen LogP contribution < -0.4 is 5.73 Å². The lowest BCUT2D eigenvalue weighted by atomic mass is 10.2. The molecule has 1 fully saturated rings. The second-order valence-electron chi connectivity index (χ2n) is 3.40. The van der Waals surface area contributed by atoms with Crippen molar-refractivity contribution in [3.63, 3.8) is 0 Å². The Balaban J connectivity index is 2.13. The van der Waals surface area contributed by atoms with Gasteiger partial charge in [-0.05, 0) is 19.8 Å². The van der Waals surface area contributed by atoms with Gasteiger partial charge in [-0.15, -0.1) is 0 Å². The minimum Gasteiger partial charge on any atom is -0.377 e. The summed E-state index contributed by atoms with van der Waals surface area (Å²) in [5.41, 5.74) is 5.83. The summed E-state index contributed by atoms with van der Waals surface area (Å²) in [6.45, 7) is 5.22. The van der Waals surface area contributed by atoms with Crippen molar-refractivity contribution in [3.05, 3.63) is 0 Å². The summed E-state index contributed by atoms with van der Waals surface area (Å²) in [5, 5.41) is 0.683. The lowest BCUT2D eigenvalue weighted by Gasteiger charge is -2.15. The molecule has 1 heterocycles. The number of ether oxygens (including phenoxy) is 1. The summed E-state index contributed by atoms with van der Waals surface area (Å²) in [5.74, 6) is 1.08. The molecule has 0 aliphatic carbocycles. The van der Waals surface area contributed by atoms with E-state index in [1.807, 2.05) is 11.8 Å². The molecule has 0 spiro atoms. The van der Waals surface area contributed by atoms with Gasteiger partial charge in [-0.3, -0.25) is 0 Å². The Kier molecular flexibility index (Phi) is 4.40. The number of hydrogen-bond donors (Lipinski definition) is 1. The van der Waals surface area contributed by atoms with Crippen LogP contribution in [0.15, 0.2) is 0 Å². The average molecular weight is 189 g/mol. The molecule has 0 aromatic carbocycles. The van der Waals surface area contributed by atoms with E-state index < -0.39 is 0 Å². The second-order valence-corrected chi connectivity index (χ2v) is 4.68. The Hall–Kier alpha value is 0.270. The van der Waals surface area contributed by atoms with Crippen LogP contribution in [0.25, 0.3) is 0 Å². The van der Waals surface area contributed by atoms with Crippen LogP contribution in [0.1, 0.15) is 26.7 Å². The van der Waals surface area contributed by atoms with E-state index in [2.05, 4.69) is 13.8 Å². The fraction of sp³-hybridized carbons (Fsp3) is 1.00. The van der Waals surface area contributed by atoms with Gasteiger partial charge >= 0.3 is 0 Å². The maximum Gasteiger partial charge on any atom is 0.0666 e. The molecule has 0 bridgehead atoms. The monoisotopic (exact) mass is 189 g/mol. The zero-order valence-corrected chi connectivity index (χ0v) is 8.77. The molecule has 2 nitrogen and oxygen atoms in total. The summed E-state index contributed by atoms with van der Waals surface area (Å²) >= 11 is 1.97. The Morgan fingerprint density at radius 2 is 2.42 bits per heavy atom. The summed E-state index contributed by atoms with van der Waals surface area (Å²) in [6.07, 6.45) is 2.70. The van der Waals surface area contributed by atoms with Crippen LogP contribution in [0.4, 0.5) is 0 Å². The predicted octanol–water partition coefficient (Wildman–Crippen LogP) is 1.63. The van der Waals surface area contributed by atoms with Crippen molar-refractivity contribution in [1.82, 2.24) is 0 Å². The highest BCUT2D eigenvalue weighted by atomic mass is 32.2. The first-order valence-corrected chi connectivity index (χ1v) is 5.77. The highest BCUT2D eigenvalue weighted by Gasteiger charge is 2.24. The second kappa shape index (κ2) is 5.10. The molecule has 2 N–H and O–H groups in total. The molecule has 0 saturated carbocycles. The molecule has 12 heavy (non-hydrogen) atoms. The summed E-state index contributed by atoms with van der Waals surface area (Å²) in [6, 6.07) is 0.364. The van der Waals surface area contributed by atoms with Gasteiger partial charge in [0.2, 0.25) is 0 Å². The summed E-state index contributed by atoms with van der Waals surface area (Å²) < 4.78 is 5.47. The zero-order valence-electron chi connectivity index (χ0n) is 7.95. The van der Waals surface area contributed by atoms with E-state index in [1.54, 1.807) is 0 Å². The van der Waals surface area contributed by atoms with Crippen molar-refractivity contribution in [1.29, 1.82) is 0 Å². The SMILES string of the molecule is CCC(N)CSC1CCOC1C. The zero-order chi connectivity index (χ0) is 8.97.